The fraction of sp³-hybridized carbons (Fsp3) is 0.200. The van der Waals surface area contributed by atoms with Crippen molar-refractivity contribution >= 4 is 17.5 Å². The SMILES string of the molecule is O=C(CNC(=O)COc1ccccc1[N+](=O)[O-])NCc1ccco1. The van der Waals surface area contributed by atoms with Gasteiger partial charge in [-0.3, -0.25) is 19.7 Å². The fourth-order valence-electron chi connectivity index (χ4n) is 1.76. The molecule has 2 rings (SSSR count). The van der Waals surface area contributed by atoms with E-state index in [1.165, 1.54) is 24.5 Å². The van der Waals surface area contributed by atoms with Crippen LogP contribution in [0.3, 0.4) is 0 Å². The third kappa shape index (κ3) is 5.13. The molecule has 9 heteroatoms. The number of nitrogens with one attached hydrogen (secondary N) is 2. The highest BCUT2D eigenvalue weighted by atomic mass is 16.6. The minimum Gasteiger partial charge on any atom is -0.477 e. The van der Waals surface area contributed by atoms with Crippen LogP contribution < -0.4 is 15.4 Å². The van der Waals surface area contributed by atoms with Gasteiger partial charge in [-0.1, -0.05) is 12.1 Å². The van der Waals surface area contributed by atoms with E-state index in [1.54, 1.807) is 18.2 Å². The molecule has 0 saturated carbocycles. The number of nitro benzene ring substituents is 1. The molecule has 0 radical (unpaired) electrons. The van der Waals surface area contributed by atoms with Crippen molar-refractivity contribution in [3.63, 3.8) is 0 Å². The maximum absolute atomic E-state index is 11.6. The maximum atomic E-state index is 11.6. The molecule has 0 aliphatic carbocycles. The van der Waals surface area contributed by atoms with Gasteiger partial charge in [0.2, 0.25) is 5.91 Å². The van der Waals surface area contributed by atoms with Crippen LogP contribution in [0.4, 0.5) is 5.69 Å². The molecule has 0 aliphatic heterocycles. The molecule has 2 aromatic rings. The number of carbonyl (C=O) groups is 2. The van der Waals surface area contributed by atoms with Crippen LogP contribution in [0.2, 0.25) is 0 Å². The molecule has 24 heavy (non-hydrogen) atoms. The van der Waals surface area contributed by atoms with Crippen LogP contribution in [0, 0.1) is 10.1 Å². The minimum absolute atomic E-state index is 0.0140. The van der Waals surface area contributed by atoms with E-state index in [4.69, 9.17) is 9.15 Å². The second-order valence-electron chi connectivity index (χ2n) is 4.65. The zero-order chi connectivity index (χ0) is 17.4. The number of amides is 2. The number of nitro groups is 1. The summed E-state index contributed by atoms with van der Waals surface area (Å²) in [5.74, 6) is -0.388. The molecule has 0 fully saturated rings. The first kappa shape index (κ1) is 17.0. The van der Waals surface area contributed by atoms with Crippen LogP contribution in [0.5, 0.6) is 5.75 Å². The standard InChI is InChI=1S/C15H15N3O6/c19-14(16-8-11-4-3-7-23-11)9-17-15(20)10-24-13-6-2-1-5-12(13)18(21)22/h1-7H,8-10H2,(H,16,19)(H,17,20). The highest BCUT2D eigenvalue weighted by Crippen LogP contribution is 2.25. The van der Waals surface area contributed by atoms with Gasteiger partial charge >= 0.3 is 5.69 Å². The van der Waals surface area contributed by atoms with Gasteiger partial charge in [0.15, 0.2) is 12.4 Å². The van der Waals surface area contributed by atoms with Crippen molar-refractivity contribution in [1.82, 2.24) is 10.6 Å². The highest BCUT2D eigenvalue weighted by Gasteiger charge is 2.15. The minimum atomic E-state index is -0.602. The predicted molar refractivity (Wildman–Crippen MR) is 82.2 cm³/mol. The topological polar surface area (TPSA) is 124 Å². The van der Waals surface area contributed by atoms with Crippen molar-refractivity contribution in [3.05, 3.63) is 58.5 Å². The number of hydrogen-bond acceptors (Lipinski definition) is 6. The summed E-state index contributed by atoms with van der Waals surface area (Å²) in [7, 11) is 0. The molecule has 1 heterocycles. The van der Waals surface area contributed by atoms with Crippen LogP contribution in [0.1, 0.15) is 5.76 Å². The second-order valence-corrected chi connectivity index (χ2v) is 4.65. The lowest BCUT2D eigenvalue weighted by atomic mass is 10.3. The Morgan fingerprint density at radius 2 is 1.92 bits per heavy atom. The first-order chi connectivity index (χ1) is 11.6. The van der Waals surface area contributed by atoms with E-state index in [1.807, 2.05) is 0 Å². The summed E-state index contributed by atoms with van der Waals surface area (Å²) < 4.78 is 10.2. The molecule has 0 unspecified atom stereocenters. The number of para-hydroxylation sites is 2. The van der Waals surface area contributed by atoms with Crippen molar-refractivity contribution in [2.24, 2.45) is 0 Å². The third-order valence-corrected chi connectivity index (χ3v) is 2.91. The van der Waals surface area contributed by atoms with Gasteiger partial charge in [0.1, 0.15) is 5.76 Å². The first-order valence-electron chi connectivity index (χ1n) is 6.98. The number of nitrogens with zero attached hydrogens (tertiary/aromatic N) is 1. The van der Waals surface area contributed by atoms with E-state index in [2.05, 4.69) is 10.6 Å². The Kier molecular flexibility index (Phi) is 5.89. The molecule has 9 nitrogen and oxygen atoms in total. The molecule has 2 amide bonds. The molecular formula is C15H15N3O6. The zero-order valence-electron chi connectivity index (χ0n) is 12.6. The average Bonchev–Trinajstić information content (AvgIpc) is 3.10. The Balaban J connectivity index is 1.71. The van der Waals surface area contributed by atoms with E-state index in [-0.39, 0.29) is 24.5 Å². The van der Waals surface area contributed by atoms with Gasteiger partial charge in [-0.25, -0.2) is 0 Å². The first-order valence-corrected chi connectivity index (χ1v) is 6.98. The molecule has 126 valence electrons. The molecule has 0 spiro atoms. The Morgan fingerprint density at radius 1 is 1.12 bits per heavy atom. The smallest absolute Gasteiger partial charge is 0.310 e. The molecule has 0 atom stereocenters. The highest BCUT2D eigenvalue weighted by molar-refractivity contribution is 5.85. The third-order valence-electron chi connectivity index (χ3n) is 2.91. The van der Waals surface area contributed by atoms with Gasteiger partial charge in [0.05, 0.1) is 24.3 Å². The van der Waals surface area contributed by atoms with E-state index >= 15 is 0 Å². The van der Waals surface area contributed by atoms with Crippen LogP contribution in [-0.4, -0.2) is 29.9 Å². The summed E-state index contributed by atoms with van der Waals surface area (Å²) in [5, 5.41) is 15.7. The molecule has 0 saturated heterocycles. The van der Waals surface area contributed by atoms with Crippen molar-refractivity contribution in [3.8, 4) is 5.75 Å². The van der Waals surface area contributed by atoms with Gasteiger partial charge < -0.3 is 19.8 Å². The van der Waals surface area contributed by atoms with Crippen molar-refractivity contribution in [2.45, 2.75) is 6.54 Å². The number of rotatable bonds is 8. The van der Waals surface area contributed by atoms with Gasteiger partial charge in [-0.15, -0.1) is 0 Å². The van der Waals surface area contributed by atoms with Crippen molar-refractivity contribution in [2.75, 3.05) is 13.2 Å². The van der Waals surface area contributed by atoms with Gasteiger partial charge in [-0.05, 0) is 18.2 Å². The van der Waals surface area contributed by atoms with E-state index < -0.39 is 23.3 Å². The number of carbonyl (C=O) groups excluding carboxylic acids is 2. The van der Waals surface area contributed by atoms with Crippen LogP contribution >= 0.6 is 0 Å². The lowest BCUT2D eigenvalue weighted by Crippen LogP contribution is -2.38. The molecule has 0 bridgehead atoms. The maximum Gasteiger partial charge on any atom is 0.310 e. The zero-order valence-corrected chi connectivity index (χ0v) is 12.6. The summed E-state index contributed by atoms with van der Waals surface area (Å²) in [4.78, 5) is 33.4. The van der Waals surface area contributed by atoms with Crippen LogP contribution in [0.25, 0.3) is 0 Å². The van der Waals surface area contributed by atoms with Gasteiger partial charge in [0.25, 0.3) is 5.91 Å². The van der Waals surface area contributed by atoms with Gasteiger partial charge in [-0.2, -0.15) is 0 Å². The summed E-state index contributed by atoms with van der Waals surface area (Å²) in [5.41, 5.74) is -0.235. The van der Waals surface area contributed by atoms with E-state index in [0.29, 0.717) is 5.76 Å². The molecule has 0 aliphatic rings. The summed E-state index contributed by atoms with van der Waals surface area (Å²) in [6.07, 6.45) is 1.49. The number of ether oxygens (including phenoxy) is 1. The monoisotopic (exact) mass is 333 g/mol. The van der Waals surface area contributed by atoms with Crippen molar-refractivity contribution in [1.29, 1.82) is 0 Å². The summed E-state index contributed by atoms with van der Waals surface area (Å²) in [6, 6.07) is 9.12. The Labute approximate surface area is 136 Å². The van der Waals surface area contributed by atoms with E-state index in [9.17, 15) is 19.7 Å². The number of benzene rings is 1. The second kappa shape index (κ2) is 8.32. The quantitative estimate of drug-likeness (QED) is 0.548. The molecule has 1 aromatic carbocycles. The summed E-state index contributed by atoms with van der Waals surface area (Å²) in [6.45, 7) is -0.454. The lowest BCUT2D eigenvalue weighted by Gasteiger charge is -2.08. The Bertz CT molecular complexity index is 714. The molecule has 1 aromatic heterocycles. The summed E-state index contributed by atoms with van der Waals surface area (Å²) >= 11 is 0. The Morgan fingerprint density at radius 3 is 2.62 bits per heavy atom. The Hall–Kier alpha value is -3.36. The van der Waals surface area contributed by atoms with Crippen LogP contribution in [0.15, 0.2) is 47.1 Å². The fourth-order valence-corrected chi connectivity index (χ4v) is 1.76. The largest absolute Gasteiger partial charge is 0.477 e. The van der Waals surface area contributed by atoms with Crippen LogP contribution in [-0.2, 0) is 16.1 Å². The number of furan rings is 1. The van der Waals surface area contributed by atoms with E-state index in [0.717, 1.165) is 0 Å². The average molecular weight is 333 g/mol. The molecular weight excluding hydrogens is 318 g/mol. The lowest BCUT2D eigenvalue weighted by molar-refractivity contribution is -0.385. The molecule has 2 N–H and O–H groups in total. The normalized spacial score (nSPS) is 10.0. The van der Waals surface area contributed by atoms with Crippen molar-refractivity contribution < 1.29 is 23.7 Å². The van der Waals surface area contributed by atoms with Gasteiger partial charge in [0, 0.05) is 6.07 Å². The predicted octanol–water partition coefficient (Wildman–Crippen LogP) is 0.999. The number of hydrogen-bond donors (Lipinski definition) is 2.